The molecule has 0 radical (unpaired) electrons. The first-order valence-corrected chi connectivity index (χ1v) is 9.16. The Morgan fingerprint density at radius 3 is 2.67 bits per heavy atom. The second-order valence-corrected chi connectivity index (χ2v) is 7.17. The Kier molecular flexibility index (Phi) is 5.74. The Morgan fingerprint density at radius 1 is 1.22 bits per heavy atom. The van der Waals surface area contributed by atoms with Crippen LogP contribution in [0.5, 0.6) is 0 Å². The number of amides is 2. The average Bonchev–Trinajstić information content (AvgIpc) is 2.66. The number of nitrogens with one attached hydrogen (secondary N) is 1. The van der Waals surface area contributed by atoms with Gasteiger partial charge in [0, 0.05) is 32.5 Å². The second kappa shape index (κ2) is 8.20. The van der Waals surface area contributed by atoms with Crippen LogP contribution in [0.25, 0.3) is 10.8 Å². The maximum atomic E-state index is 12.3. The van der Waals surface area contributed by atoms with Gasteiger partial charge in [-0.25, -0.2) is 0 Å². The number of hydrogen-bond donors (Lipinski definition) is 2. The summed E-state index contributed by atoms with van der Waals surface area (Å²) in [5.41, 5.74) is 0.921. The number of benzene rings is 2. The SMILES string of the molecule is CN1CC[C@@H](C(=O)NC[C@H](Cc2ccc3ccccc3c2)C(=O)O)CC1=O. The predicted octanol–water partition coefficient (Wildman–Crippen LogP) is 2.07. The smallest absolute Gasteiger partial charge is 0.308 e. The molecule has 1 aliphatic rings. The summed E-state index contributed by atoms with van der Waals surface area (Å²) in [7, 11) is 1.72. The van der Waals surface area contributed by atoms with Gasteiger partial charge in [-0.1, -0.05) is 42.5 Å². The van der Waals surface area contributed by atoms with Gasteiger partial charge in [-0.3, -0.25) is 14.4 Å². The number of piperidine rings is 1. The molecule has 0 aliphatic carbocycles. The number of aliphatic carboxylic acids is 1. The number of carboxylic acids is 1. The molecule has 1 saturated heterocycles. The molecule has 0 aromatic heterocycles. The molecule has 2 atom stereocenters. The maximum absolute atomic E-state index is 12.3. The summed E-state index contributed by atoms with van der Waals surface area (Å²) in [4.78, 5) is 37.3. The summed E-state index contributed by atoms with van der Waals surface area (Å²) in [6.45, 7) is 0.609. The highest BCUT2D eigenvalue weighted by atomic mass is 16.4. The minimum absolute atomic E-state index is 0.0488. The number of carbonyl (C=O) groups is 3. The molecule has 1 fully saturated rings. The topological polar surface area (TPSA) is 86.7 Å². The van der Waals surface area contributed by atoms with Crippen LogP contribution in [0.2, 0.25) is 0 Å². The maximum Gasteiger partial charge on any atom is 0.308 e. The number of nitrogens with zero attached hydrogens (tertiary/aromatic N) is 1. The van der Waals surface area contributed by atoms with Gasteiger partial charge in [0.2, 0.25) is 11.8 Å². The zero-order valence-electron chi connectivity index (χ0n) is 15.4. The Hall–Kier alpha value is -2.89. The van der Waals surface area contributed by atoms with E-state index in [1.807, 2.05) is 42.5 Å². The van der Waals surface area contributed by atoms with E-state index < -0.39 is 11.9 Å². The molecule has 0 spiro atoms. The first-order chi connectivity index (χ1) is 12.9. The van der Waals surface area contributed by atoms with Crippen LogP contribution in [-0.2, 0) is 20.8 Å². The molecule has 0 unspecified atom stereocenters. The van der Waals surface area contributed by atoms with Gasteiger partial charge in [0.05, 0.1) is 5.92 Å². The van der Waals surface area contributed by atoms with E-state index in [1.165, 1.54) is 0 Å². The van der Waals surface area contributed by atoms with Crippen molar-refractivity contribution in [3.8, 4) is 0 Å². The molecule has 2 aromatic rings. The quantitative estimate of drug-likeness (QED) is 0.817. The average molecular weight is 368 g/mol. The third kappa shape index (κ3) is 4.64. The molecule has 6 nitrogen and oxygen atoms in total. The van der Waals surface area contributed by atoms with Crippen molar-refractivity contribution in [2.75, 3.05) is 20.1 Å². The molecule has 27 heavy (non-hydrogen) atoms. The normalized spacial score (nSPS) is 18.3. The van der Waals surface area contributed by atoms with Gasteiger partial charge in [-0.2, -0.15) is 0 Å². The highest BCUT2D eigenvalue weighted by molar-refractivity contribution is 5.87. The number of fused-ring (bicyclic) bond motifs is 1. The number of carbonyl (C=O) groups excluding carboxylic acids is 2. The molecule has 2 amide bonds. The zero-order chi connectivity index (χ0) is 19.4. The molecule has 0 bridgehead atoms. The number of rotatable bonds is 6. The van der Waals surface area contributed by atoms with E-state index in [2.05, 4.69) is 5.32 Å². The van der Waals surface area contributed by atoms with E-state index >= 15 is 0 Å². The Bertz CT molecular complexity index is 864. The van der Waals surface area contributed by atoms with Crippen molar-refractivity contribution in [3.05, 3.63) is 48.0 Å². The van der Waals surface area contributed by atoms with Crippen molar-refractivity contribution < 1.29 is 19.5 Å². The first-order valence-electron chi connectivity index (χ1n) is 9.16. The van der Waals surface area contributed by atoms with E-state index in [-0.39, 0.29) is 30.7 Å². The van der Waals surface area contributed by atoms with Crippen molar-refractivity contribution in [3.63, 3.8) is 0 Å². The first kappa shape index (κ1) is 18.9. The summed E-state index contributed by atoms with van der Waals surface area (Å²) >= 11 is 0. The Balaban J connectivity index is 1.61. The van der Waals surface area contributed by atoms with Crippen LogP contribution < -0.4 is 5.32 Å². The highest BCUT2D eigenvalue weighted by Crippen LogP contribution is 2.19. The van der Waals surface area contributed by atoms with E-state index in [4.69, 9.17) is 0 Å². The lowest BCUT2D eigenvalue weighted by Gasteiger charge is -2.28. The molecule has 2 aromatic carbocycles. The molecular weight excluding hydrogens is 344 g/mol. The van der Waals surface area contributed by atoms with Crippen LogP contribution in [0.4, 0.5) is 0 Å². The van der Waals surface area contributed by atoms with Crippen molar-refractivity contribution in [1.82, 2.24) is 10.2 Å². The highest BCUT2D eigenvalue weighted by Gasteiger charge is 2.29. The molecule has 1 aliphatic heterocycles. The summed E-state index contributed by atoms with van der Waals surface area (Å²) in [6.07, 6.45) is 1.13. The summed E-state index contributed by atoms with van der Waals surface area (Å²) in [6, 6.07) is 13.8. The fraction of sp³-hybridized carbons (Fsp3) is 0.381. The standard InChI is InChI=1S/C21H24N2O4/c1-23-9-8-17(12-19(23)24)20(25)22-13-18(21(26)27)11-14-6-7-15-4-2-3-5-16(15)10-14/h2-7,10,17-18H,8-9,11-13H2,1H3,(H,22,25)(H,26,27)/t17-,18+/m1/s1. The summed E-state index contributed by atoms with van der Waals surface area (Å²) in [5.74, 6) is -2.31. The lowest BCUT2D eigenvalue weighted by Crippen LogP contribution is -2.43. The van der Waals surface area contributed by atoms with Crippen LogP contribution in [0.15, 0.2) is 42.5 Å². The molecule has 142 valence electrons. The number of hydrogen-bond acceptors (Lipinski definition) is 3. The van der Waals surface area contributed by atoms with E-state index in [9.17, 15) is 19.5 Å². The van der Waals surface area contributed by atoms with E-state index in [0.717, 1.165) is 16.3 Å². The van der Waals surface area contributed by atoms with Crippen LogP contribution in [-0.4, -0.2) is 47.9 Å². The van der Waals surface area contributed by atoms with E-state index in [1.54, 1.807) is 11.9 Å². The molecule has 2 N–H and O–H groups in total. The molecular formula is C21H24N2O4. The monoisotopic (exact) mass is 368 g/mol. The van der Waals surface area contributed by atoms with Gasteiger partial charge < -0.3 is 15.3 Å². The van der Waals surface area contributed by atoms with Crippen molar-refractivity contribution >= 4 is 28.6 Å². The largest absolute Gasteiger partial charge is 0.481 e. The summed E-state index contributed by atoms with van der Waals surface area (Å²) in [5, 5.41) is 14.4. The van der Waals surface area contributed by atoms with Gasteiger partial charge in [-0.05, 0) is 29.2 Å². The van der Waals surface area contributed by atoms with Crippen LogP contribution in [0.1, 0.15) is 18.4 Å². The molecule has 6 heteroatoms. The van der Waals surface area contributed by atoms with Crippen molar-refractivity contribution in [2.24, 2.45) is 11.8 Å². The van der Waals surface area contributed by atoms with Gasteiger partial charge >= 0.3 is 5.97 Å². The lowest BCUT2D eigenvalue weighted by atomic mass is 9.94. The van der Waals surface area contributed by atoms with Gasteiger partial charge in [0.15, 0.2) is 0 Å². The summed E-state index contributed by atoms with van der Waals surface area (Å²) < 4.78 is 0. The minimum atomic E-state index is -0.942. The second-order valence-electron chi connectivity index (χ2n) is 7.17. The Morgan fingerprint density at radius 2 is 1.96 bits per heavy atom. The van der Waals surface area contributed by atoms with Crippen molar-refractivity contribution in [1.29, 1.82) is 0 Å². The fourth-order valence-corrected chi connectivity index (χ4v) is 3.43. The fourth-order valence-electron chi connectivity index (χ4n) is 3.43. The molecule has 3 rings (SSSR count). The molecule has 0 saturated carbocycles. The van der Waals surface area contributed by atoms with Crippen LogP contribution in [0.3, 0.4) is 0 Å². The number of carboxylic acid groups (broad SMARTS) is 1. The predicted molar refractivity (Wildman–Crippen MR) is 102 cm³/mol. The Labute approximate surface area is 158 Å². The lowest BCUT2D eigenvalue weighted by molar-refractivity contribution is -0.142. The van der Waals surface area contributed by atoms with E-state index in [0.29, 0.717) is 19.4 Å². The third-order valence-corrected chi connectivity index (χ3v) is 5.20. The van der Waals surface area contributed by atoms with Crippen molar-refractivity contribution in [2.45, 2.75) is 19.3 Å². The van der Waals surface area contributed by atoms with Gasteiger partial charge in [-0.15, -0.1) is 0 Å². The third-order valence-electron chi connectivity index (χ3n) is 5.20. The molecule has 1 heterocycles. The number of likely N-dealkylation sites (tertiary alicyclic amines) is 1. The van der Waals surface area contributed by atoms with Gasteiger partial charge in [0.25, 0.3) is 0 Å². The minimum Gasteiger partial charge on any atom is -0.481 e. The van der Waals surface area contributed by atoms with Crippen LogP contribution in [0, 0.1) is 11.8 Å². The van der Waals surface area contributed by atoms with Crippen LogP contribution >= 0.6 is 0 Å². The van der Waals surface area contributed by atoms with Gasteiger partial charge in [0.1, 0.15) is 0 Å². The zero-order valence-corrected chi connectivity index (χ0v) is 15.4.